The van der Waals surface area contributed by atoms with Gasteiger partial charge in [0.15, 0.2) is 11.2 Å². The molecule has 0 amide bonds. The maximum atomic E-state index is 12.1. The second-order valence-corrected chi connectivity index (χ2v) is 6.13. The number of hydrogen-bond donors (Lipinski definition) is 4. The third-order valence-corrected chi connectivity index (χ3v) is 3.80. The Morgan fingerprint density at radius 1 is 1.57 bits per heavy atom. The van der Waals surface area contributed by atoms with Gasteiger partial charge in [-0.2, -0.15) is 4.98 Å². The molecule has 2 aromatic rings. The molecule has 23 heavy (non-hydrogen) atoms. The quantitative estimate of drug-likeness (QED) is 0.602. The van der Waals surface area contributed by atoms with E-state index in [1.54, 1.807) is 4.57 Å². The van der Waals surface area contributed by atoms with Gasteiger partial charge >= 0.3 is 0 Å². The lowest BCUT2D eigenvalue weighted by atomic mass is 10.2. The van der Waals surface area contributed by atoms with Gasteiger partial charge in [-0.05, 0) is 5.92 Å². The average Bonchev–Trinajstić information content (AvgIpc) is 3.08. The highest BCUT2D eigenvalue weighted by molar-refractivity contribution is 5.70. The fourth-order valence-electron chi connectivity index (χ4n) is 2.57. The van der Waals surface area contributed by atoms with Crippen LogP contribution in [0.3, 0.4) is 0 Å². The predicted octanol–water partition coefficient (Wildman–Crippen LogP) is -0.172. The summed E-state index contributed by atoms with van der Waals surface area (Å²) in [4.78, 5) is 23.2. The van der Waals surface area contributed by atoms with E-state index < -0.39 is 18.4 Å². The Bertz CT molecular complexity index is 740. The summed E-state index contributed by atoms with van der Waals surface area (Å²) in [6.07, 6.45) is -0.142. The number of aliphatic hydroxyl groups excluding tert-OH is 2. The molecule has 9 nitrogen and oxygen atoms in total. The van der Waals surface area contributed by atoms with Gasteiger partial charge in [0.05, 0.1) is 19.0 Å². The Labute approximate surface area is 132 Å². The SMILES string of the molecule is CC(C)CNc1nc2c(ncn2[C@@H]2C[C@H](O)[C@@H](CO)O2)c(=O)[nH]1. The first-order valence-electron chi connectivity index (χ1n) is 7.64. The standard InChI is InChI=1S/C14H21N5O4/c1-7(2)4-15-14-17-12-11(13(22)18-14)16-6-19(12)10-3-8(21)9(5-20)23-10/h6-10,20-21H,3-5H2,1-2H3,(H2,15,17,18,22)/t8-,9+,10-/m0/s1. The van der Waals surface area contributed by atoms with Gasteiger partial charge in [0.25, 0.3) is 5.56 Å². The summed E-state index contributed by atoms with van der Waals surface area (Å²) in [5.74, 6) is 0.773. The molecule has 0 saturated carbocycles. The van der Waals surface area contributed by atoms with Crippen molar-refractivity contribution in [1.82, 2.24) is 19.5 Å². The van der Waals surface area contributed by atoms with Gasteiger partial charge in [0.1, 0.15) is 12.3 Å². The van der Waals surface area contributed by atoms with Crippen LogP contribution in [0, 0.1) is 5.92 Å². The summed E-state index contributed by atoms with van der Waals surface area (Å²) in [5, 5.41) is 22.1. The maximum absolute atomic E-state index is 12.1. The van der Waals surface area contributed by atoms with Crippen LogP contribution in [0.1, 0.15) is 26.5 Å². The Hall–Kier alpha value is -1.97. The molecule has 2 aromatic heterocycles. The zero-order chi connectivity index (χ0) is 16.6. The van der Waals surface area contributed by atoms with Crippen molar-refractivity contribution in [2.75, 3.05) is 18.5 Å². The van der Waals surface area contributed by atoms with Crippen LogP contribution in [0.25, 0.3) is 11.2 Å². The first-order chi connectivity index (χ1) is 11.0. The lowest BCUT2D eigenvalue weighted by Crippen LogP contribution is -2.24. The molecule has 0 bridgehead atoms. The number of H-pyrrole nitrogens is 1. The van der Waals surface area contributed by atoms with E-state index in [2.05, 4.69) is 34.1 Å². The van der Waals surface area contributed by atoms with E-state index in [0.717, 1.165) is 0 Å². The number of rotatable bonds is 5. The van der Waals surface area contributed by atoms with Crippen molar-refractivity contribution in [2.24, 2.45) is 5.92 Å². The predicted molar refractivity (Wildman–Crippen MR) is 83.1 cm³/mol. The lowest BCUT2D eigenvalue weighted by Gasteiger charge is -2.14. The van der Waals surface area contributed by atoms with E-state index in [1.165, 1.54) is 6.33 Å². The molecule has 3 heterocycles. The van der Waals surface area contributed by atoms with Crippen molar-refractivity contribution in [1.29, 1.82) is 0 Å². The molecule has 3 rings (SSSR count). The molecule has 1 aliphatic rings. The number of aromatic nitrogens is 4. The van der Waals surface area contributed by atoms with E-state index in [1.807, 2.05) is 0 Å². The van der Waals surface area contributed by atoms with Crippen LogP contribution in [-0.2, 0) is 4.74 Å². The molecule has 1 fully saturated rings. The number of fused-ring (bicyclic) bond motifs is 1. The Morgan fingerprint density at radius 3 is 3.00 bits per heavy atom. The van der Waals surface area contributed by atoms with Crippen molar-refractivity contribution >= 4 is 17.1 Å². The van der Waals surface area contributed by atoms with E-state index in [-0.39, 0.29) is 17.7 Å². The average molecular weight is 323 g/mol. The van der Waals surface area contributed by atoms with Crippen LogP contribution >= 0.6 is 0 Å². The maximum Gasteiger partial charge on any atom is 0.280 e. The summed E-state index contributed by atoms with van der Waals surface area (Å²) in [5.41, 5.74) is 0.263. The third kappa shape index (κ3) is 3.07. The van der Waals surface area contributed by atoms with Gasteiger partial charge in [0.2, 0.25) is 5.95 Å². The van der Waals surface area contributed by atoms with E-state index in [4.69, 9.17) is 4.74 Å². The fraction of sp³-hybridized carbons (Fsp3) is 0.643. The summed E-state index contributed by atoms with van der Waals surface area (Å²) in [6, 6.07) is 0. The van der Waals surface area contributed by atoms with Crippen LogP contribution in [0.4, 0.5) is 5.95 Å². The normalized spacial score (nSPS) is 24.7. The minimum atomic E-state index is -0.761. The van der Waals surface area contributed by atoms with Crippen LogP contribution < -0.4 is 10.9 Å². The molecule has 0 radical (unpaired) electrons. The number of imidazole rings is 1. The van der Waals surface area contributed by atoms with Gasteiger partial charge in [-0.1, -0.05) is 13.8 Å². The van der Waals surface area contributed by atoms with Crippen molar-refractivity contribution in [3.63, 3.8) is 0 Å². The van der Waals surface area contributed by atoms with Crippen LogP contribution in [0.15, 0.2) is 11.1 Å². The Kier molecular flexibility index (Phi) is 4.33. The fourth-order valence-corrected chi connectivity index (χ4v) is 2.57. The number of ether oxygens (including phenoxy) is 1. The molecule has 0 aromatic carbocycles. The highest BCUT2D eigenvalue weighted by Gasteiger charge is 2.35. The van der Waals surface area contributed by atoms with Crippen molar-refractivity contribution in [2.45, 2.75) is 38.7 Å². The summed E-state index contributed by atoms with van der Waals surface area (Å²) in [7, 11) is 0. The first kappa shape index (κ1) is 15.9. The topological polar surface area (TPSA) is 125 Å². The number of anilines is 1. The molecule has 1 saturated heterocycles. The van der Waals surface area contributed by atoms with Crippen molar-refractivity contribution in [3.05, 3.63) is 16.7 Å². The van der Waals surface area contributed by atoms with Crippen LogP contribution in [-0.4, -0.2) is 55.1 Å². The molecule has 0 unspecified atom stereocenters. The first-order valence-corrected chi connectivity index (χ1v) is 7.64. The van der Waals surface area contributed by atoms with E-state index in [9.17, 15) is 15.0 Å². The van der Waals surface area contributed by atoms with Crippen molar-refractivity contribution in [3.8, 4) is 0 Å². The number of aromatic amines is 1. The molecule has 0 aliphatic carbocycles. The molecular weight excluding hydrogens is 302 g/mol. The number of nitrogens with one attached hydrogen (secondary N) is 2. The second-order valence-electron chi connectivity index (χ2n) is 6.13. The summed E-state index contributed by atoms with van der Waals surface area (Å²) in [6.45, 7) is 4.51. The minimum absolute atomic E-state index is 0.214. The summed E-state index contributed by atoms with van der Waals surface area (Å²) < 4.78 is 7.22. The Morgan fingerprint density at radius 2 is 2.35 bits per heavy atom. The van der Waals surface area contributed by atoms with Crippen LogP contribution in [0.5, 0.6) is 0 Å². The van der Waals surface area contributed by atoms with Gasteiger partial charge < -0.3 is 20.3 Å². The molecule has 3 atom stereocenters. The smallest absolute Gasteiger partial charge is 0.280 e. The number of hydrogen-bond acceptors (Lipinski definition) is 7. The van der Waals surface area contributed by atoms with E-state index in [0.29, 0.717) is 30.5 Å². The highest BCUT2D eigenvalue weighted by atomic mass is 16.5. The zero-order valence-electron chi connectivity index (χ0n) is 13.1. The molecule has 126 valence electrons. The van der Waals surface area contributed by atoms with Crippen molar-refractivity contribution < 1.29 is 14.9 Å². The molecule has 0 spiro atoms. The van der Waals surface area contributed by atoms with Gasteiger partial charge in [0, 0.05) is 13.0 Å². The second kappa shape index (κ2) is 6.26. The largest absolute Gasteiger partial charge is 0.394 e. The number of nitrogens with zero attached hydrogens (tertiary/aromatic N) is 3. The van der Waals surface area contributed by atoms with Gasteiger partial charge in [-0.3, -0.25) is 14.3 Å². The number of aliphatic hydroxyl groups is 2. The zero-order valence-corrected chi connectivity index (χ0v) is 13.1. The van der Waals surface area contributed by atoms with E-state index >= 15 is 0 Å². The van der Waals surface area contributed by atoms with Gasteiger partial charge in [-0.15, -0.1) is 0 Å². The monoisotopic (exact) mass is 323 g/mol. The highest BCUT2D eigenvalue weighted by Crippen LogP contribution is 2.30. The molecular formula is C14H21N5O4. The summed E-state index contributed by atoms with van der Waals surface area (Å²) >= 11 is 0. The van der Waals surface area contributed by atoms with Gasteiger partial charge in [-0.25, -0.2) is 4.98 Å². The minimum Gasteiger partial charge on any atom is -0.394 e. The lowest BCUT2D eigenvalue weighted by molar-refractivity contribution is -0.0432. The third-order valence-electron chi connectivity index (χ3n) is 3.80. The van der Waals surface area contributed by atoms with Crippen LogP contribution in [0.2, 0.25) is 0 Å². The molecule has 4 N–H and O–H groups in total. The molecule has 1 aliphatic heterocycles. The molecule has 9 heteroatoms. The Balaban J connectivity index is 1.94.